The van der Waals surface area contributed by atoms with Crippen molar-refractivity contribution >= 4 is 45.4 Å². The molecule has 0 aliphatic carbocycles. The lowest BCUT2D eigenvalue weighted by atomic mass is 10.0. The summed E-state index contributed by atoms with van der Waals surface area (Å²) in [6.07, 6.45) is -2.79. The second kappa shape index (κ2) is 6.49. The highest BCUT2D eigenvalue weighted by atomic mass is 35.5. The molecule has 4 nitrogen and oxygen atoms in total. The summed E-state index contributed by atoms with van der Waals surface area (Å²) in [7, 11) is 0. The van der Waals surface area contributed by atoms with Gasteiger partial charge in [0.1, 0.15) is 5.82 Å². The average Bonchev–Trinajstić information content (AvgIpc) is 2.53. The van der Waals surface area contributed by atoms with Crippen LogP contribution in [0.5, 0.6) is 0 Å². The molecule has 0 fully saturated rings. The first-order chi connectivity index (χ1) is 12.2. The summed E-state index contributed by atoms with van der Waals surface area (Å²) >= 11 is 6.39. The minimum atomic E-state index is -4.37. The molecular weight excluding hydrogens is 365 g/mol. The van der Waals surface area contributed by atoms with Crippen molar-refractivity contribution in [2.45, 2.75) is 13.1 Å². The molecule has 0 aliphatic heterocycles. The molecule has 4 N–H and O–H groups in total. The maximum absolute atomic E-state index is 12.6. The molecule has 3 aromatic rings. The van der Waals surface area contributed by atoms with Crippen LogP contribution in [-0.2, 0) is 6.18 Å². The van der Waals surface area contributed by atoms with Gasteiger partial charge in [0, 0.05) is 10.4 Å². The highest BCUT2D eigenvalue weighted by Gasteiger charge is 2.29. The molecule has 0 saturated heterocycles. The largest absolute Gasteiger partial charge is 0.416 e. The lowest BCUT2D eigenvalue weighted by Crippen LogP contribution is -2.04. The Hall–Kier alpha value is -2.80. The molecule has 0 amide bonds. The number of nitrogens with zero attached hydrogens (tertiary/aromatic N) is 2. The molecule has 0 bridgehead atoms. The zero-order valence-electron chi connectivity index (χ0n) is 13.6. The van der Waals surface area contributed by atoms with Gasteiger partial charge in [-0.25, -0.2) is 4.98 Å². The van der Waals surface area contributed by atoms with Crippen LogP contribution < -0.4 is 11.5 Å². The molecule has 1 heterocycles. The molecule has 0 unspecified atom stereocenters. The smallest absolute Gasteiger partial charge is 0.383 e. The van der Waals surface area contributed by atoms with Crippen LogP contribution in [0.3, 0.4) is 0 Å². The van der Waals surface area contributed by atoms with E-state index >= 15 is 0 Å². The molecule has 0 atom stereocenters. The number of alkyl halides is 3. The Labute approximate surface area is 152 Å². The predicted octanol–water partition coefficient (Wildman–Crippen LogP) is 4.86. The van der Waals surface area contributed by atoms with Crippen LogP contribution in [-0.4, -0.2) is 9.97 Å². The maximum Gasteiger partial charge on any atom is 0.416 e. The van der Waals surface area contributed by atoms with E-state index in [9.17, 15) is 13.2 Å². The number of benzene rings is 2. The van der Waals surface area contributed by atoms with Crippen LogP contribution in [0.1, 0.15) is 22.3 Å². The average molecular weight is 379 g/mol. The summed E-state index contributed by atoms with van der Waals surface area (Å²) in [5.74, 6) is 0.319. The fourth-order valence-electron chi connectivity index (χ4n) is 2.69. The molecule has 2 aromatic carbocycles. The third kappa shape index (κ3) is 3.43. The first kappa shape index (κ1) is 18.0. The first-order valence-electron chi connectivity index (χ1n) is 7.54. The van der Waals surface area contributed by atoms with Gasteiger partial charge in [-0.15, -0.1) is 0 Å². The molecule has 26 heavy (non-hydrogen) atoms. The maximum atomic E-state index is 12.6. The molecule has 134 valence electrons. The van der Waals surface area contributed by atoms with E-state index in [-0.39, 0.29) is 11.8 Å². The van der Waals surface area contributed by atoms with E-state index in [0.29, 0.717) is 27.1 Å². The van der Waals surface area contributed by atoms with E-state index in [4.69, 9.17) is 23.1 Å². The number of fused-ring (bicyclic) bond motifs is 1. The lowest BCUT2D eigenvalue weighted by molar-refractivity contribution is -0.137. The molecule has 3 rings (SSSR count). The molecule has 8 heteroatoms. The van der Waals surface area contributed by atoms with E-state index in [1.54, 1.807) is 18.2 Å². The number of hydrogen-bond donors (Lipinski definition) is 2. The van der Waals surface area contributed by atoms with E-state index in [2.05, 4.69) is 9.97 Å². The number of aromatic nitrogens is 2. The van der Waals surface area contributed by atoms with Crippen molar-refractivity contribution in [2.75, 3.05) is 11.5 Å². The summed E-state index contributed by atoms with van der Waals surface area (Å²) in [6, 6.07) is 8.22. The molecule has 0 aliphatic rings. The molecule has 1 aromatic heterocycles. The fraction of sp³-hybridized carbons (Fsp3) is 0.111. The summed E-state index contributed by atoms with van der Waals surface area (Å²) in [5, 5.41) is 0.996. The van der Waals surface area contributed by atoms with Gasteiger partial charge in [-0.3, -0.25) is 0 Å². The molecular formula is C18H14ClF3N4. The highest BCUT2D eigenvalue weighted by Crippen LogP contribution is 2.33. The van der Waals surface area contributed by atoms with E-state index in [0.717, 1.165) is 17.7 Å². The highest BCUT2D eigenvalue weighted by molar-refractivity contribution is 6.51. The van der Waals surface area contributed by atoms with Gasteiger partial charge in [0.05, 0.1) is 11.1 Å². The Bertz CT molecular complexity index is 1010. The van der Waals surface area contributed by atoms with E-state index in [1.165, 1.54) is 12.1 Å². The number of nitrogen functional groups attached to an aromatic ring is 2. The van der Waals surface area contributed by atoms with Gasteiger partial charge in [-0.05, 0) is 47.9 Å². The zero-order valence-corrected chi connectivity index (χ0v) is 14.4. The van der Waals surface area contributed by atoms with E-state index < -0.39 is 11.7 Å². The topological polar surface area (TPSA) is 77.8 Å². The quantitative estimate of drug-likeness (QED) is 0.624. The van der Waals surface area contributed by atoms with Gasteiger partial charge in [0.15, 0.2) is 0 Å². The normalized spacial score (nSPS) is 12.6. The van der Waals surface area contributed by atoms with Gasteiger partial charge >= 0.3 is 6.18 Å². The third-order valence-electron chi connectivity index (χ3n) is 3.96. The van der Waals surface area contributed by atoms with Crippen molar-refractivity contribution in [3.8, 4) is 0 Å². The van der Waals surface area contributed by atoms with Crippen LogP contribution in [0.15, 0.2) is 36.4 Å². The Morgan fingerprint density at radius 3 is 2.31 bits per heavy atom. The number of nitrogens with two attached hydrogens (primary N) is 2. The number of halogens is 4. The van der Waals surface area contributed by atoms with Gasteiger partial charge in [0.25, 0.3) is 0 Å². The minimum Gasteiger partial charge on any atom is -0.383 e. The van der Waals surface area contributed by atoms with Gasteiger partial charge < -0.3 is 11.5 Å². The Morgan fingerprint density at radius 1 is 1.04 bits per heavy atom. The fourth-order valence-corrected chi connectivity index (χ4v) is 3.02. The predicted molar refractivity (Wildman–Crippen MR) is 98.3 cm³/mol. The van der Waals surface area contributed by atoms with Crippen molar-refractivity contribution in [3.05, 3.63) is 58.7 Å². The number of hydrogen-bond acceptors (Lipinski definition) is 4. The molecule has 0 radical (unpaired) electrons. The monoisotopic (exact) mass is 378 g/mol. The third-order valence-corrected chi connectivity index (χ3v) is 4.27. The molecule has 0 saturated carbocycles. The second-order valence-corrected chi connectivity index (χ2v) is 6.12. The van der Waals surface area contributed by atoms with Crippen LogP contribution in [0.2, 0.25) is 0 Å². The SMILES string of the molecule is Cc1c(/C(Cl)=C/c2ccc(C(F)(F)F)cc2)ccc2nc(N)nc(N)c12. The van der Waals surface area contributed by atoms with Crippen molar-refractivity contribution < 1.29 is 13.2 Å². The summed E-state index contributed by atoms with van der Waals surface area (Å²) in [4.78, 5) is 8.09. The van der Waals surface area contributed by atoms with Crippen LogP contribution in [0, 0.1) is 6.92 Å². The lowest BCUT2D eigenvalue weighted by Gasteiger charge is -2.11. The second-order valence-electron chi connectivity index (χ2n) is 5.71. The standard InChI is InChI=1S/C18H14ClF3N4/c1-9-12(6-7-14-15(9)16(23)26-17(24)25-14)13(19)8-10-2-4-11(5-3-10)18(20,21)22/h2-8H,1H3,(H4,23,24,25,26)/b13-8-. The van der Waals surface area contributed by atoms with E-state index in [1.807, 2.05) is 6.92 Å². The van der Waals surface area contributed by atoms with Gasteiger partial charge in [-0.2, -0.15) is 18.2 Å². The summed E-state index contributed by atoms with van der Waals surface area (Å²) < 4.78 is 37.9. The summed E-state index contributed by atoms with van der Waals surface area (Å²) in [6.45, 7) is 1.82. The van der Waals surface area contributed by atoms with Crippen LogP contribution >= 0.6 is 11.6 Å². The Morgan fingerprint density at radius 2 is 1.69 bits per heavy atom. The van der Waals surface area contributed by atoms with Crippen molar-refractivity contribution in [1.29, 1.82) is 0 Å². The Balaban J connectivity index is 2.03. The van der Waals surface area contributed by atoms with Gasteiger partial charge in [-0.1, -0.05) is 29.8 Å². The number of rotatable bonds is 2. The van der Waals surface area contributed by atoms with Gasteiger partial charge in [0.2, 0.25) is 5.95 Å². The van der Waals surface area contributed by atoms with Crippen LogP contribution in [0.25, 0.3) is 22.0 Å². The Kier molecular flexibility index (Phi) is 4.50. The van der Waals surface area contributed by atoms with Crippen LogP contribution in [0.4, 0.5) is 24.9 Å². The number of anilines is 2. The summed E-state index contributed by atoms with van der Waals surface area (Å²) in [5.41, 5.74) is 13.4. The minimum absolute atomic E-state index is 0.0774. The number of aryl methyl sites for hydroxylation is 1. The first-order valence-corrected chi connectivity index (χ1v) is 7.92. The zero-order chi connectivity index (χ0) is 19.1. The van der Waals surface area contributed by atoms with Crippen molar-refractivity contribution in [3.63, 3.8) is 0 Å². The van der Waals surface area contributed by atoms with Crippen molar-refractivity contribution in [2.24, 2.45) is 0 Å². The van der Waals surface area contributed by atoms with Crippen molar-refractivity contribution in [1.82, 2.24) is 9.97 Å². The molecule has 0 spiro atoms.